The van der Waals surface area contributed by atoms with Crippen molar-refractivity contribution in [2.24, 2.45) is 0 Å². The number of thiophene rings is 1. The average Bonchev–Trinajstić information content (AvgIpc) is 3.09. The second-order valence-corrected chi connectivity index (χ2v) is 6.41. The van der Waals surface area contributed by atoms with Gasteiger partial charge in [0.2, 0.25) is 0 Å². The van der Waals surface area contributed by atoms with Crippen LogP contribution in [0.4, 0.5) is 11.4 Å². The Balaban J connectivity index is 1.94. The molecule has 2 nitrogen and oxygen atoms in total. The summed E-state index contributed by atoms with van der Waals surface area (Å²) in [4.78, 5) is 2.33. The highest BCUT2D eigenvalue weighted by Crippen LogP contribution is 2.39. The normalized spacial score (nSPS) is 14.6. The Morgan fingerprint density at radius 1 is 1.26 bits per heavy atom. The van der Waals surface area contributed by atoms with E-state index in [4.69, 9.17) is 28.9 Å². The summed E-state index contributed by atoms with van der Waals surface area (Å²) in [7, 11) is 0. The lowest BCUT2D eigenvalue weighted by Gasteiger charge is -2.26. The lowest BCUT2D eigenvalue weighted by molar-refractivity contribution is 0.798. The van der Waals surface area contributed by atoms with E-state index >= 15 is 0 Å². The highest BCUT2D eigenvalue weighted by Gasteiger charge is 2.30. The first-order valence-corrected chi connectivity index (χ1v) is 7.87. The van der Waals surface area contributed by atoms with E-state index in [0.717, 1.165) is 12.2 Å². The van der Waals surface area contributed by atoms with Gasteiger partial charge in [0.1, 0.15) is 0 Å². The van der Waals surface area contributed by atoms with Crippen molar-refractivity contribution >= 4 is 45.9 Å². The Morgan fingerprint density at radius 3 is 2.63 bits per heavy atom. The standard InChI is InChI=1S/C14H14Cl2N2S/c15-11-5-13(17)14(6-12(11)16)18(10-1-2-10)7-9-3-4-19-8-9/h3-6,8,10H,1-2,7,17H2. The van der Waals surface area contributed by atoms with Gasteiger partial charge in [0.25, 0.3) is 0 Å². The summed E-state index contributed by atoms with van der Waals surface area (Å²) in [6.07, 6.45) is 2.42. The molecule has 3 rings (SSSR count). The molecule has 2 aromatic rings. The SMILES string of the molecule is Nc1cc(Cl)c(Cl)cc1N(Cc1ccsc1)C1CC1. The average molecular weight is 313 g/mol. The summed E-state index contributed by atoms with van der Waals surface area (Å²) in [5.74, 6) is 0. The largest absolute Gasteiger partial charge is 0.397 e. The lowest BCUT2D eigenvalue weighted by Crippen LogP contribution is -2.25. The van der Waals surface area contributed by atoms with E-state index in [1.807, 2.05) is 6.07 Å². The molecule has 2 N–H and O–H groups in total. The summed E-state index contributed by atoms with van der Waals surface area (Å²) in [6.45, 7) is 0.871. The van der Waals surface area contributed by atoms with Gasteiger partial charge in [-0.05, 0) is 47.4 Å². The van der Waals surface area contributed by atoms with Crippen molar-refractivity contribution in [3.05, 3.63) is 44.6 Å². The van der Waals surface area contributed by atoms with Gasteiger partial charge >= 0.3 is 0 Å². The molecular formula is C14H14Cl2N2S. The molecule has 1 saturated carbocycles. The van der Waals surface area contributed by atoms with E-state index in [2.05, 4.69) is 21.7 Å². The van der Waals surface area contributed by atoms with Gasteiger partial charge in [0, 0.05) is 12.6 Å². The Bertz CT molecular complexity index is 579. The molecule has 0 atom stereocenters. The molecule has 19 heavy (non-hydrogen) atoms. The first-order valence-electron chi connectivity index (χ1n) is 6.17. The second-order valence-electron chi connectivity index (χ2n) is 4.82. The van der Waals surface area contributed by atoms with Crippen molar-refractivity contribution in [2.45, 2.75) is 25.4 Å². The maximum Gasteiger partial charge on any atom is 0.0621 e. The first-order chi connectivity index (χ1) is 9.15. The lowest BCUT2D eigenvalue weighted by atomic mass is 10.2. The molecule has 0 unspecified atom stereocenters. The number of hydrogen-bond donors (Lipinski definition) is 1. The van der Waals surface area contributed by atoms with Crippen molar-refractivity contribution in [1.29, 1.82) is 0 Å². The number of benzene rings is 1. The summed E-state index contributed by atoms with van der Waals surface area (Å²) >= 11 is 13.8. The molecule has 1 aliphatic carbocycles. The minimum atomic E-state index is 0.509. The third kappa shape index (κ3) is 2.83. The molecule has 0 amide bonds. The first kappa shape index (κ1) is 13.1. The number of anilines is 2. The maximum absolute atomic E-state index is 6.12. The smallest absolute Gasteiger partial charge is 0.0621 e. The van der Waals surface area contributed by atoms with Crippen molar-refractivity contribution in [1.82, 2.24) is 0 Å². The third-order valence-corrected chi connectivity index (χ3v) is 4.75. The summed E-state index contributed by atoms with van der Waals surface area (Å²) < 4.78 is 0. The molecule has 1 fully saturated rings. The highest BCUT2D eigenvalue weighted by molar-refractivity contribution is 7.07. The number of rotatable bonds is 4. The molecule has 0 bridgehead atoms. The third-order valence-electron chi connectivity index (χ3n) is 3.30. The molecule has 1 aromatic carbocycles. The van der Waals surface area contributed by atoms with Crippen LogP contribution in [-0.4, -0.2) is 6.04 Å². The molecule has 1 aromatic heterocycles. The van der Waals surface area contributed by atoms with Crippen LogP contribution in [-0.2, 0) is 6.54 Å². The maximum atomic E-state index is 6.12. The molecule has 1 aliphatic rings. The number of nitrogens with two attached hydrogens (primary N) is 1. The number of hydrogen-bond acceptors (Lipinski definition) is 3. The Morgan fingerprint density at radius 2 is 2.00 bits per heavy atom. The van der Waals surface area contributed by atoms with Crippen LogP contribution >= 0.6 is 34.5 Å². The topological polar surface area (TPSA) is 29.3 Å². The number of halogens is 2. The monoisotopic (exact) mass is 312 g/mol. The van der Waals surface area contributed by atoms with E-state index < -0.39 is 0 Å². The second kappa shape index (κ2) is 5.23. The molecule has 0 radical (unpaired) electrons. The van der Waals surface area contributed by atoms with Gasteiger partial charge in [0.15, 0.2) is 0 Å². The molecule has 100 valence electrons. The van der Waals surface area contributed by atoms with Crippen LogP contribution in [0.2, 0.25) is 10.0 Å². The van der Waals surface area contributed by atoms with Crippen LogP contribution < -0.4 is 10.6 Å². The van der Waals surface area contributed by atoms with Gasteiger partial charge in [0.05, 0.1) is 21.4 Å². The minimum Gasteiger partial charge on any atom is -0.397 e. The minimum absolute atomic E-state index is 0.509. The van der Waals surface area contributed by atoms with Gasteiger partial charge in [-0.3, -0.25) is 0 Å². The summed E-state index contributed by atoms with van der Waals surface area (Å²) in [5, 5.41) is 5.33. The number of nitrogen functional groups attached to an aromatic ring is 1. The van der Waals surface area contributed by atoms with Crippen molar-refractivity contribution in [3.63, 3.8) is 0 Å². The van der Waals surface area contributed by atoms with E-state index in [1.54, 1.807) is 17.4 Å². The molecule has 0 saturated heterocycles. The van der Waals surface area contributed by atoms with Crippen molar-refractivity contribution in [2.75, 3.05) is 10.6 Å². The van der Waals surface area contributed by atoms with E-state index in [0.29, 0.717) is 21.8 Å². The zero-order valence-electron chi connectivity index (χ0n) is 10.3. The van der Waals surface area contributed by atoms with Gasteiger partial charge in [-0.2, -0.15) is 11.3 Å². The van der Waals surface area contributed by atoms with Crippen LogP contribution in [0.1, 0.15) is 18.4 Å². The molecule has 5 heteroatoms. The van der Waals surface area contributed by atoms with Crippen LogP contribution in [0.25, 0.3) is 0 Å². The zero-order valence-corrected chi connectivity index (χ0v) is 12.6. The van der Waals surface area contributed by atoms with Crippen LogP contribution in [0, 0.1) is 0 Å². The summed E-state index contributed by atoms with van der Waals surface area (Å²) in [6, 6.07) is 6.33. The fourth-order valence-electron chi connectivity index (χ4n) is 2.18. The van der Waals surface area contributed by atoms with E-state index in [-0.39, 0.29) is 0 Å². The van der Waals surface area contributed by atoms with Crippen LogP contribution in [0.15, 0.2) is 29.0 Å². The Labute approximate surface area is 126 Å². The molecule has 0 spiro atoms. The molecule has 1 heterocycles. The van der Waals surface area contributed by atoms with Crippen molar-refractivity contribution in [3.8, 4) is 0 Å². The van der Waals surface area contributed by atoms with Gasteiger partial charge in [-0.15, -0.1) is 0 Å². The zero-order chi connectivity index (χ0) is 13.4. The molecular weight excluding hydrogens is 299 g/mol. The fourth-order valence-corrected chi connectivity index (χ4v) is 3.17. The Kier molecular flexibility index (Phi) is 3.61. The predicted octanol–water partition coefficient (Wildman–Crippen LogP) is 4.81. The predicted molar refractivity (Wildman–Crippen MR) is 84.4 cm³/mol. The summed E-state index contributed by atoms with van der Waals surface area (Å²) in [5.41, 5.74) is 9.09. The van der Waals surface area contributed by atoms with Crippen LogP contribution in [0.5, 0.6) is 0 Å². The number of nitrogens with zero attached hydrogens (tertiary/aromatic N) is 1. The van der Waals surface area contributed by atoms with Crippen molar-refractivity contribution < 1.29 is 0 Å². The van der Waals surface area contributed by atoms with Crippen LogP contribution in [0.3, 0.4) is 0 Å². The fraction of sp³-hybridized carbons (Fsp3) is 0.286. The van der Waals surface area contributed by atoms with Gasteiger partial charge < -0.3 is 10.6 Å². The Hall–Kier alpha value is -0.900. The van der Waals surface area contributed by atoms with E-state index in [9.17, 15) is 0 Å². The highest BCUT2D eigenvalue weighted by atomic mass is 35.5. The van der Waals surface area contributed by atoms with Gasteiger partial charge in [-0.25, -0.2) is 0 Å². The molecule has 0 aliphatic heterocycles. The quantitative estimate of drug-likeness (QED) is 0.821. The van der Waals surface area contributed by atoms with E-state index in [1.165, 1.54) is 18.4 Å². The van der Waals surface area contributed by atoms with Gasteiger partial charge in [-0.1, -0.05) is 23.2 Å².